The van der Waals surface area contributed by atoms with Crippen LogP contribution in [0.3, 0.4) is 0 Å². The number of phenolic OH excluding ortho intramolecular Hbond substituents is 1. The van der Waals surface area contributed by atoms with Crippen molar-refractivity contribution in [2.75, 3.05) is 7.05 Å². The highest BCUT2D eigenvalue weighted by Gasteiger charge is 2.37. The predicted octanol–water partition coefficient (Wildman–Crippen LogP) is 2.86. The lowest BCUT2D eigenvalue weighted by Gasteiger charge is -2.16. The normalized spacial score (nSPS) is 14.6. The maximum atomic E-state index is 13.2. The summed E-state index contributed by atoms with van der Waals surface area (Å²) in [5.41, 5.74) is 2.58. The molecule has 2 aliphatic rings. The van der Waals surface area contributed by atoms with Crippen LogP contribution in [-0.4, -0.2) is 35.1 Å². The summed E-state index contributed by atoms with van der Waals surface area (Å²) in [6, 6.07) is 5.88. The number of amides is 2. The van der Waals surface area contributed by atoms with Crippen LogP contribution in [0.2, 0.25) is 0 Å². The number of rotatable bonds is 3. The van der Waals surface area contributed by atoms with Crippen molar-refractivity contribution in [1.29, 1.82) is 0 Å². The van der Waals surface area contributed by atoms with Gasteiger partial charge in [0, 0.05) is 31.9 Å². The van der Waals surface area contributed by atoms with Crippen molar-refractivity contribution in [1.82, 2.24) is 10.2 Å². The largest absolute Gasteiger partial charge is 0.505 e. The zero-order chi connectivity index (χ0) is 19.8. The van der Waals surface area contributed by atoms with Crippen molar-refractivity contribution in [2.24, 2.45) is 4.99 Å². The number of allylic oxidation sites excluding steroid dienone is 2. The minimum Gasteiger partial charge on any atom is -0.505 e. The molecule has 4 rings (SSSR count). The molecular weight excluding hydrogens is 361 g/mol. The fourth-order valence-electron chi connectivity index (χ4n) is 3.68. The molecule has 2 amide bonds. The molecule has 0 aromatic heterocycles. The molecule has 2 aliphatic heterocycles. The third-order valence-electron chi connectivity index (χ3n) is 4.99. The average molecular weight is 379 g/mol. The lowest BCUT2D eigenvalue weighted by atomic mass is 9.92. The average Bonchev–Trinajstić information content (AvgIpc) is 2.85. The molecule has 0 atom stereocenters. The Labute approximate surface area is 161 Å². The van der Waals surface area contributed by atoms with Gasteiger partial charge >= 0.3 is 0 Å². The quantitative estimate of drug-likeness (QED) is 0.860. The molecule has 2 heterocycles. The molecule has 0 saturated heterocycles. The second-order valence-electron chi connectivity index (χ2n) is 6.68. The van der Waals surface area contributed by atoms with E-state index < -0.39 is 0 Å². The van der Waals surface area contributed by atoms with Gasteiger partial charge in [0.1, 0.15) is 11.5 Å². The van der Waals surface area contributed by atoms with Gasteiger partial charge in [-0.05, 0) is 35.8 Å². The summed E-state index contributed by atoms with van der Waals surface area (Å²) in [6.07, 6.45) is 5.54. The number of phenols is 1. The molecule has 28 heavy (non-hydrogen) atoms. The van der Waals surface area contributed by atoms with E-state index in [1.54, 1.807) is 18.2 Å². The van der Waals surface area contributed by atoms with E-state index in [0.717, 1.165) is 5.56 Å². The molecule has 0 saturated carbocycles. The Balaban J connectivity index is 1.82. The monoisotopic (exact) mass is 379 g/mol. The van der Waals surface area contributed by atoms with Gasteiger partial charge in [0.2, 0.25) is 0 Å². The van der Waals surface area contributed by atoms with E-state index in [4.69, 9.17) is 0 Å². The topological polar surface area (TPSA) is 82.0 Å². The Morgan fingerprint density at radius 1 is 1.29 bits per heavy atom. The Morgan fingerprint density at radius 3 is 2.75 bits per heavy atom. The molecule has 2 aromatic carbocycles. The summed E-state index contributed by atoms with van der Waals surface area (Å²) in [4.78, 5) is 31.4. The van der Waals surface area contributed by atoms with Crippen molar-refractivity contribution in [3.8, 4) is 5.75 Å². The van der Waals surface area contributed by atoms with Crippen LogP contribution in [0.1, 0.15) is 37.4 Å². The number of hydrogen-bond donors (Lipinski definition) is 2. The van der Waals surface area contributed by atoms with Crippen LogP contribution >= 0.6 is 0 Å². The fourth-order valence-corrected chi connectivity index (χ4v) is 3.68. The first-order chi connectivity index (χ1) is 13.5. The molecule has 0 unspecified atom stereocenters. The van der Waals surface area contributed by atoms with Gasteiger partial charge in [0.25, 0.3) is 11.8 Å². The molecule has 7 heteroatoms. The number of nitrogens with zero attached hydrogens (tertiary/aromatic N) is 2. The van der Waals surface area contributed by atoms with Crippen molar-refractivity contribution >= 4 is 23.7 Å². The van der Waals surface area contributed by atoms with Gasteiger partial charge in [0.15, 0.2) is 5.75 Å². The van der Waals surface area contributed by atoms with Crippen LogP contribution in [0.5, 0.6) is 5.75 Å². The highest BCUT2D eigenvalue weighted by atomic mass is 19.1. The summed E-state index contributed by atoms with van der Waals surface area (Å²) >= 11 is 0. The first-order valence-electron chi connectivity index (χ1n) is 8.87. The van der Waals surface area contributed by atoms with Crippen LogP contribution < -0.4 is 5.32 Å². The number of carbonyl (C=O) groups is 2. The lowest BCUT2D eigenvalue weighted by Crippen LogP contribution is -2.24. The molecule has 0 bridgehead atoms. The summed E-state index contributed by atoms with van der Waals surface area (Å²) < 4.78 is 13.2. The van der Waals surface area contributed by atoms with E-state index in [-0.39, 0.29) is 47.7 Å². The number of halogens is 1. The molecule has 142 valence electrons. The first kappa shape index (κ1) is 17.9. The van der Waals surface area contributed by atoms with E-state index >= 15 is 0 Å². The van der Waals surface area contributed by atoms with Crippen molar-refractivity contribution in [3.63, 3.8) is 0 Å². The number of nitrogens with one attached hydrogen (secondary N) is 1. The Bertz CT molecular complexity index is 1040. The van der Waals surface area contributed by atoms with Crippen LogP contribution in [0.25, 0.3) is 0 Å². The smallest absolute Gasteiger partial charge is 0.258 e. The van der Waals surface area contributed by atoms with Gasteiger partial charge in [-0.25, -0.2) is 4.39 Å². The summed E-state index contributed by atoms with van der Waals surface area (Å²) in [5, 5.41) is 13.4. The minimum absolute atomic E-state index is 0.110. The van der Waals surface area contributed by atoms with E-state index in [2.05, 4.69) is 10.3 Å². The second kappa shape index (κ2) is 6.92. The molecule has 0 spiro atoms. The Hall–Kier alpha value is -3.48. The van der Waals surface area contributed by atoms with Crippen LogP contribution in [0.4, 0.5) is 10.1 Å². The molecule has 0 aliphatic carbocycles. The minimum atomic E-state index is -0.378. The van der Waals surface area contributed by atoms with Crippen LogP contribution in [-0.2, 0) is 19.5 Å². The molecular formula is C21H18FN3O3. The number of aromatic hydroxyl groups is 1. The number of hydrogen-bond acceptors (Lipinski definition) is 4. The van der Waals surface area contributed by atoms with Gasteiger partial charge in [-0.1, -0.05) is 18.2 Å². The highest BCUT2D eigenvalue weighted by Crippen LogP contribution is 2.44. The van der Waals surface area contributed by atoms with Gasteiger partial charge in [0.05, 0.1) is 11.1 Å². The lowest BCUT2D eigenvalue weighted by molar-refractivity contribution is 0.0763. The predicted molar refractivity (Wildman–Crippen MR) is 102 cm³/mol. The number of fused-ring (bicyclic) bond motifs is 2. The van der Waals surface area contributed by atoms with Gasteiger partial charge in [-0.2, -0.15) is 0 Å². The number of benzene rings is 2. The van der Waals surface area contributed by atoms with Crippen molar-refractivity contribution in [2.45, 2.75) is 19.5 Å². The zero-order valence-corrected chi connectivity index (χ0v) is 15.2. The number of carbonyl (C=O) groups excluding carboxylic acids is 2. The summed E-state index contributed by atoms with van der Waals surface area (Å²) in [6.45, 7) is 0.427. The summed E-state index contributed by atoms with van der Waals surface area (Å²) in [5.74, 6) is -1.26. The number of aliphatic imine (C=N–C) groups is 1. The summed E-state index contributed by atoms with van der Waals surface area (Å²) in [7, 11) is 1.52. The van der Waals surface area contributed by atoms with E-state index in [1.165, 1.54) is 30.3 Å². The Kier molecular flexibility index (Phi) is 4.43. The maximum Gasteiger partial charge on any atom is 0.258 e. The third kappa shape index (κ3) is 2.85. The SMILES string of the molecule is CNC(=O)c1c2c(c(O)c3c1CN(Cc1ccc(F)cc1)C3=O)N=CC=CC2. The van der Waals surface area contributed by atoms with Gasteiger partial charge < -0.3 is 15.3 Å². The van der Waals surface area contributed by atoms with Crippen molar-refractivity contribution in [3.05, 3.63) is 70.1 Å². The van der Waals surface area contributed by atoms with Crippen molar-refractivity contribution < 1.29 is 19.1 Å². The third-order valence-corrected chi connectivity index (χ3v) is 4.99. The molecule has 0 fully saturated rings. The fraction of sp³-hybridized carbons (Fsp3) is 0.190. The first-order valence-corrected chi connectivity index (χ1v) is 8.87. The van der Waals surface area contributed by atoms with E-state index in [1.807, 2.05) is 6.08 Å². The Morgan fingerprint density at radius 2 is 2.04 bits per heavy atom. The van der Waals surface area contributed by atoms with Gasteiger partial charge in [-0.3, -0.25) is 14.6 Å². The maximum absolute atomic E-state index is 13.2. The molecule has 6 nitrogen and oxygen atoms in total. The standard InChI is InChI=1S/C21H18FN3O3/c1-23-20(27)16-14-4-2-3-9-24-18(14)19(26)17-15(16)11-25(21(17)28)10-12-5-7-13(22)8-6-12/h2-3,5-9,26H,4,10-11H2,1H3,(H,23,27). The molecule has 2 aromatic rings. The molecule has 0 radical (unpaired) electrons. The van der Waals surface area contributed by atoms with Crippen LogP contribution in [0.15, 0.2) is 41.4 Å². The molecule has 2 N–H and O–H groups in total. The van der Waals surface area contributed by atoms with Crippen LogP contribution in [0, 0.1) is 5.82 Å². The van der Waals surface area contributed by atoms with E-state index in [9.17, 15) is 19.1 Å². The second-order valence-corrected chi connectivity index (χ2v) is 6.68. The van der Waals surface area contributed by atoms with E-state index in [0.29, 0.717) is 23.1 Å². The highest BCUT2D eigenvalue weighted by molar-refractivity contribution is 6.09. The zero-order valence-electron chi connectivity index (χ0n) is 15.2. The van der Waals surface area contributed by atoms with Gasteiger partial charge in [-0.15, -0.1) is 0 Å².